The van der Waals surface area contributed by atoms with E-state index in [1.807, 2.05) is 0 Å². The second-order valence-corrected chi connectivity index (χ2v) is 3.44. The van der Waals surface area contributed by atoms with Crippen LogP contribution in [0.1, 0.15) is 25.7 Å². The molecule has 0 aliphatic rings. The molecule has 0 fully saturated rings. The molecule has 90 valence electrons. The van der Waals surface area contributed by atoms with E-state index in [1.54, 1.807) is 0 Å². The molecule has 0 saturated heterocycles. The van der Waals surface area contributed by atoms with Crippen molar-refractivity contribution >= 4 is 5.97 Å². The number of carbonyl (C=O) groups is 1. The first-order chi connectivity index (χ1) is 7.22. The molecule has 0 spiro atoms. The van der Waals surface area contributed by atoms with E-state index in [9.17, 15) is 4.79 Å². The number of methoxy groups -OCH3 is 1. The number of aliphatic hydroxyl groups excluding tert-OH is 1. The molecule has 0 aromatic heterocycles. The van der Waals surface area contributed by atoms with Gasteiger partial charge in [-0.25, -0.2) is 0 Å². The fourth-order valence-corrected chi connectivity index (χ4v) is 1.25. The van der Waals surface area contributed by atoms with Crippen LogP contribution in [0.5, 0.6) is 0 Å². The molecule has 0 amide bonds. The maximum Gasteiger partial charge on any atom is 0.323 e. The van der Waals surface area contributed by atoms with Crippen LogP contribution in [-0.4, -0.2) is 49.1 Å². The third-order valence-electron chi connectivity index (χ3n) is 2.11. The Balaban J connectivity index is 3.41. The van der Waals surface area contributed by atoms with E-state index >= 15 is 0 Å². The molecule has 0 heterocycles. The van der Waals surface area contributed by atoms with E-state index < -0.39 is 12.0 Å². The zero-order valence-corrected chi connectivity index (χ0v) is 9.24. The summed E-state index contributed by atoms with van der Waals surface area (Å²) in [4.78, 5) is 10.7. The fraction of sp³-hybridized carbons (Fsp3) is 0.900. The lowest BCUT2D eigenvalue weighted by Gasteiger charge is -2.12. The second kappa shape index (κ2) is 9.89. The minimum absolute atomic E-state index is 0.186. The first-order valence-corrected chi connectivity index (χ1v) is 5.28. The Bertz CT molecular complexity index is 164. The SMILES string of the molecule is COCC(NCCCCCCO)C(=O)O. The Hall–Kier alpha value is -0.650. The van der Waals surface area contributed by atoms with Crippen LogP contribution in [0.25, 0.3) is 0 Å². The highest BCUT2D eigenvalue weighted by atomic mass is 16.5. The minimum atomic E-state index is -0.882. The Morgan fingerprint density at radius 1 is 1.33 bits per heavy atom. The average Bonchev–Trinajstić information content (AvgIpc) is 2.21. The smallest absolute Gasteiger partial charge is 0.323 e. The van der Waals surface area contributed by atoms with Crippen molar-refractivity contribution < 1.29 is 19.7 Å². The Labute approximate surface area is 90.4 Å². The molecule has 0 saturated carbocycles. The highest BCUT2D eigenvalue weighted by Gasteiger charge is 2.15. The maximum atomic E-state index is 10.7. The lowest BCUT2D eigenvalue weighted by molar-refractivity contribution is -0.140. The normalized spacial score (nSPS) is 12.7. The largest absolute Gasteiger partial charge is 0.480 e. The van der Waals surface area contributed by atoms with Crippen molar-refractivity contribution in [2.75, 3.05) is 26.9 Å². The molecule has 0 aliphatic heterocycles. The fourth-order valence-electron chi connectivity index (χ4n) is 1.25. The molecule has 1 unspecified atom stereocenters. The van der Waals surface area contributed by atoms with E-state index in [2.05, 4.69) is 5.32 Å². The lowest BCUT2D eigenvalue weighted by Crippen LogP contribution is -2.40. The topological polar surface area (TPSA) is 78.8 Å². The summed E-state index contributed by atoms with van der Waals surface area (Å²) in [6.45, 7) is 1.09. The van der Waals surface area contributed by atoms with Crippen molar-refractivity contribution in [2.24, 2.45) is 0 Å². The lowest BCUT2D eigenvalue weighted by atomic mass is 10.2. The zero-order chi connectivity index (χ0) is 11.5. The van der Waals surface area contributed by atoms with Crippen molar-refractivity contribution in [3.63, 3.8) is 0 Å². The van der Waals surface area contributed by atoms with Crippen LogP contribution in [-0.2, 0) is 9.53 Å². The number of aliphatic hydroxyl groups is 1. The quantitative estimate of drug-likeness (QED) is 0.458. The number of carboxylic acids is 1. The number of aliphatic carboxylic acids is 1. The molecule has 1 atom stereocenters. The minimum Gasteiger partial charge on any atom is -0.480 e. The molecule has 0 aliphatic carbocycles. The van der Waals surface area contributed by atoms with Gasteiger partial charge in [-0.1, -0.05) is 12.8 Å². The number of nitrogens with one attached hydrogen (secondary N) is 1. The molecule has 0 bridgehead atoms. The Kier molecular flexibility index (Phi) is 9.46. The zero-order valence-electron chi connectivity index (χ0n) is 9.24. The highest BCUT2D eigenvalue weighted by molar-refractivity contribution is 5.73. The van der Waals surface area contributed by atoms with Crippen molar-refractivity contribution in [3.05, 3.63) is 0 Å². The first kappa shape index (κ1) is 14.3. The molecule has 5 nitrogen and oxygen atoms in total. The van der Waals surface area contributed by atoms with Gasteiger partial charge < -0.3 is 20.3 Å². The van der Waals surface area contributed by atoms with Gasteiger partial charge in [0.25, 0.3) is 0 Å². The third kappa shape index (κ3) is 8.35. The summed E-state index contributed by atoms with van der Waals surface area (Å²) in [6, 6.07) is -0.618. The number of hydrogen-bond donors (Lipinski definition) is 3. The molecule has 0 radical (unpaired) electrons. The van der Waals surface area contributed by atoms with E-state index in [0.717, 1.165) is 25.7 Å². The monoisotopic (exact) mass is 219 g/mol. The predicted octanol–water partition coefficient (Wildman–Crippen LogP) is 0.228. The van der Waals surface area contributed by atoms with E-state index in [1.165, 1.54) is 7.11 Å². The maximum absolute atomic E-state index is 10.7. The number of unbranched alkanes of at least 4 members (excludes halogenated alkanes) is 3. The molecule has 3 N–H and O–H groups in total. The van der Waals surface area contributed by atoms with Crippen molar-refractivity contribution in [3.8, 4) is 0 Å². The predicted molar refractivity (Wildman–Crippen MR) is 56.9 cm³/mol. The van der Waals surface area contributed by atoms with Crippen LogP contribution in [0.2, 0.25) is 0 Å². The number of carboxylic acid groups (broad SMARTS) is 1. The van der Waals surface area contributed by atoms with Crippen LogP contribution < -0.4 is 5.32 Å². The van der Waals surface area contributed by atoms with Crippen molar-refractivity contribution in [1.82, 2.24) is 5.32 Å². The molecule has 15 heavy (non-hydrogen) atoms. The van der Waals surface area contributed by atoms with E-state index in [0.29, 0.717) is 6.54 Å². The van der Waals surface area contributed by atoms with Gasteiger partial charge in [0.2, 0.25) is 0 Å². The summed E-state index contributed by atoms with van der Waals surface area (Å²) in [5.41, 5.74) is 0. The van der Waals surface area contributed by atoms with Crippen LogP contribution in [0.4, 0.5) is 0 Å². The summed E-state index contributed by atoms with van der Waals surface area (Å²) in [7, 11) is 1.48. The number of rotatable bonds is 10. The molecular formula is C10H21NO4. The van der Waals surface area contributed by atoms with Crippen molar-refractivity contribution in [1.29, 1.82) is 0 Å². The molecule has 0 aromatic carbocycles. The summed E-state index contributed by atoms with van der Waals surface area (Å²) in [6.07, 6.45) is 3.74. The van der Waals surface area contributed by atoms with Gasteiger partial charge in [0.05, 0.1) is 6.61 Å². The summed E-state index contributed by atoms with van der Waals surface area (Å²) < 4.78 is 4.78. The summed E-state index contributed by atoms with van der Waals surface area (Å²) >= 11 is 0. The second-order valence-electron chi connectivity index (χ2n) is 3.44. The highest BCUT2D eigenvalue weighted by Crippen LogP contribution is 1.98. The van der Waals surface area contributed by atoms with Crippen LogP contribution in [0.15, 0.2) is 0 Å². The standard InChI is InChI=1S/C10H21NO4/c1-15-8-9(10(13)14)11-6-4-2-3-5-7-12/h9,11-12H,2-8H2,1H3,(H,13,14). The summed E-state index contributed by atoms with van der Waals surface area (Å²) in [5.74, 6) is -0.882. The van der Waals surface area contributed by atoms with Crippen molar-refractivity contribution in [2.45, 2.75) is 31.7 Å². The van der Waals surface area contributed by atoms with E-state index in [4.69, 9.17) is 14.9 Å². The number of hydrogen-bond acceptors (Lipinski definition) is 4. The van der Waals surface area contributed by atoms with Gasteiger partial charge in [0, 0.05) is 13.7 Å². The molecular weight excluding hydrogens is 198 g/mol. The average molecular weight is 219 g/mol. The van der Waals surface area contributed by atoms with Gasteiger partial charge in [-0.2, -0.15) is 0 Å². The molecule has 0 aromatic rings. The van der Waals surface area contributed by atoms with Gasteiger partial charge in [0.1, 0.15) is 6.04 Å². The van der Waals surface area contributed by atoms with Crippen LogP contribution in [0.3, 0.4) is 0 Å². The van der Waals surface area contributed by atoms with E-state index in [-0.39, 0.29) is 13.2 Å². The van der Waals surface area contributed by atoms with Gasteiger partial charge in [-0.3, -0.25) is 4.79 Å². The Morgan fingerprint density at radius 3 is 2.53 bits per heavy atom. The molecule has 0 rings (SSSR count). The number of ether oxygens (including phenoxy) is 1. The summed E-state index contributed by atoms with van der Waals surface area (Å²) in [5, 5.41) is 20.2. The third-order valence-corrected chi connectivity index (χ3v) is 2.11. The Morgan fingerprint density at radius 2 is 2.00 bits per heavy atom. The molecule has 5 heteroatoms. The van der Waals surface area contributed by atoms with Gasteiger partial charge in [0.15, 0.2) is 0 Å². The van der Waals surface area contributed by atoms with Gasteiger partial charge >= 0.3 is 5.97 Å². The van der Waals surface area contributed by atoms with Crippen LogP contribution in [0, 0.1) is 0 Å². The van der Waals surface area contributed by atoms with Gasteiger partial charge in [-0.05, 0) is 19.4 Å². The first-order valence-electron chi connectivity index (χ1n) is 5.28. The van der Waals surface area contributed by atoms with Crippen LogP contribution >= 0.6 is 0 Å². The van der Waals surface area contributed by atoms with Gasteiger partial charge in [-0.15, -0.1) is 0 Å².